The van der Waals surface area contributed by atoms with Crippen LogP contribution < -0.4 is 16.0 Å². The Kier molecular flexibility index (Phi) is 6.02. The number of alkyl halides is 3. The molecule has 3 rings (SSSR count). The molecule has 0 aliphatic rings. The first kappa shape index (κ1) is 20.6. The van der Waals surface area contributed by atoms with Crippen LogP contribution >= 0.6 is 15.9 Å². The highest BCUT2D eigenvalue weighted by molar-refractivity contribution is 9.10. The van der Waals surface area contributed by atoms with Crippen LogP contribution in [-0.2, 0) is 6.18 Å². The molecule has 0 radical (unpaired) electrons. The largest absolute Gasteiger partial charge is 0.421 e. The van der Waals surface area contributed by atoms with E-state index in [1.54, 1.807) is 36.4 Å². The Balaban J connectivity index is 1.99. The zero-order valence-corrected chi connectivity index (χ0v) is 16.6. The number of halogens is 4. The molecule has 3 N–H and O–H groups in total. The highest BCUT2D eigenvalue weighted by Gasteiger charge is 2.35. The van der Waals surface area contributed by atoms with Crippen molar-refractivity contribution in [3.05, 3.63) is 70.3 Å². The minimum absolute atomic E-state index is 0.0275. The Hall–Kier alpha value is -3.14. The third-order valence-corrected chi connectivity index (χ3v) is 4.38. The van der Waals surface area contributed by atoms with Gasteiger partial charge in [-0.2, -0.15) is 18.2 Å². The lowest BCUT2D eigenvalue weighted by molar-refractivity contribution is -0.137. The van der Waals surface area contributed by atoms with Gasteiger partial charge in [0.15, 0.2) is 0 Å². The Morgan fingerprint density at radius 2 is 1.72 bits per heavy atom. The van der Waals surface area contributed by atoms with Crippen LogP contribution in [0.25, 0.3) is 0 Å². The molecule has 150 valence electrons. The standard InChI is InChI=1S/C19H15BrF3N5O/c1-24-17(29)13-4-2-3-5-15(13)27-16-14(19(21,22)23)10-25-18(28-16)26-12-8-6-11(20)7-9-12/h2-10H,1H3,(H,24,29)(H2,25,26,27,28). The van der Waals surface area contributed by atoms with E-state index in [0.29, 0.717) is 11.9 Å². The predicted octanol–water partition coefficient (Wildman–Crippen LogP) is 5.10. The molecule has 0 saturated heterocycles. The minimum atomic E-state index is -4.68. The Morgan fingerprint density at radius 3 is 2.38 bits per heavy atom. The highest BCUT2D eigenvalue weighted by atomic mass is 79.9. The maximum atomic E-state index is 13.5. The monoisotopic (exact) mass is 465 g/mol. The van der Waals surface area contributed by atoms with Crippen LogP contribution in [0.15, 0.2) is 59.2 Å². The molecule has 0 unspecified atom stereocenters. The van der Waals surface area contributed by atoms with Crippen LogP contribution in [0.3, 0.4) is 0 Å². The molecule has 0 atom stereocenters. The van der Waals surface area contributed by atoms with Gasteiger partial charge in [-0.1, -0.05) is 28.1 Å². The molecule has 0 saturated carbocycles. The van der Waals surface area contributed by atoms with Gasteiger partial charge in [-0.3, -0.25) is 4.79 Å². The molecular formula is C19H15BrF3N5O. The third-order valence-electron chi connectivity index (χ3n) is 3.85. The van der Waals surface area contributed by atoms with Crippen LogP contribution in [0.5, 0.6) is 0 Å². The first-order valence-electron chi connectivity index (χ1n) is 8.33. The fourth-order valence-corrected chi connectivity index (χ4v) is 2.72. The second-order valence-corrected chi connectivity index (χ2v) is 6.75. The van der Waals surface area contributed by atoms with Gasteiger partial charge in [-0.15, -0.1) is 0 Å². The van der Waals surface area contributed by atoms with Crippen molar-refractivity contribution in [2.45, 2.75) is 6.18 Å². The number of hydrogen-bond acceptors (Lipinski definition) is 5. The van der Waals surface area contributed by atoms with Crippen LogP contribution in [0.2, 0.25) is 0 Å². The fraction of sp³-hybridized carbons (Fsp3) is 0.105. The van der Waals surface area contributed by atoms with Gasteiger partial charge in [-0.25, -0.2) is 4.98 Å². The van der Waals surface area contributed by atoms with E-state index >= 15 is 0 Å². The number of para-hydroxylation sites is 1. The molecule has 6 nitrogen and oxygen atoms in total. The molecule has 0 bridgehead atoms. The summed E-state index contributed by atoms with van der Waals surface area (Å²) in [6.45, 7) is 0. The van der Waals surface area contributed by atoms with Gasteiger partial charge in [0.05, 0.1) is 11.3 Å². The van der Waals surface area contributed by atoms with Crippen LogP contribution in [-0.4, -0.2) is 22.9 Å². The number of benzene rings is 2. The second-order valence-electron chi connectivity index (χ2n) is 5.84. The summed E-state index contributed by atoms with van der Waals surface area (Å²) in [5.41, 5.74) is -0.0787. The van der Waals surface area contributed by atoms with E-state index in [2.05, 4.69) is 41.8 Å². The number of carbonyl (C=O) groups is 1. The number of amides is 1. The Bertz CT molecular complexity index is 1030. The molecule has 3 aromatic rings. The number of aromatic nitrogens is 2. The van der Waals surface area contributed by atoms with Crippen molar-refractivity contribution < 1.29 is 18.0 Å². The molecule has 0 spiro atoms. The SMILES string of the molecule is CNC(=O)c1ccccc1Nc1nc(Nc2ccc(Br)cc2)ncc1C(F)(F)F. The zero-order chi connectivity index (χ0) is 21.0. The summed E-state index contributed by atoms with van der Waals surface area (Å²) in [6, 6.07) is 13.2. The third kappa shape index (κ3) is 5.02. The van der Waals surface area contributed by atoms with Crippen LogP contribution in [0.4, 0.5) is 36.3 Å². The minimum Gasteiger partial charge on any atom is -0.355 e. The van der Waals surface area contributed by atoms with E-state index in [1.165, 1.54) is 19.2 Å². The maximum absolute atomic E-state index is 13.5. The zero-order valence-electron chi connectivity index (χ0n) is 15.0. The van der Waals surface area contributed by atoms with Crippen molar-refractivity contribution in [1.29, 1.82) is 0 Å². The maximum Gasteiger partial charge on any atom is 0.421 e. The normalized spacial score (nSPS) is 11.1. The van der Waals surface area contributed by atoms with E-state index in [4.69, 9.17) is 0 Å². The van der Waals surface area contributed by atoms with Crippen molar-refractivity contribution in [2.24, 2.45) is 0 Å². The molecule has 1 amide bonds. The van der Waals surface area contributed by atoms with Crippen LogP contribution in [0.1, 0.15) is 15.9 Å². The van der Waals surface area contributed by atoms with E-state index in [1.807, 2.05) is 0 Å². The first-order chi connectivity index (χ1) is 13.8. The summed E-state index contributed by atoms with van der Waals surface area (Å²) in [5, 5.41) is 7.92. The van der Waals surface area contributed by atoms with Crippen molar-refractivity contribution in [3.8, 4) is 0 Å². The predicted molar refractivity (Wildman–Crippen MR) is 108 cm³/mol. The van der Waals surface area contributed by atoms with Gasteiger partial charge in [0.2, 0.25) is 5.95 Å². The molecule has 10 heteroatoms. The Labute approximate surface area is 172 Å². The number of nitrogens with one attached hydrogen (secondary N) is 3. The molecule has 29 heavy (non-hydrogen) atoms. The summed E-state index contributed by atoms with van der Waals surface area (Å²) in [4.78, 5) is 19.8. The lowest BCUT2D eigenvalue weighted by atomic mass is 10.1. The molecular weight excluding hydrogens is 451 g/mol. The fourth-order valence-electron chi connectivity index (χ4n) is 2.46. The van der Waals surface area contributed by atoms with Gasteiger partial charge >= 0.3 is 6.18 Å². The molecule has 0 fully saturated rings. The van der Waals surface area contributed by atoms with Crippen molar-refractivity contribution >= 4 is 45.0 Å². The topological polar surface area (TPSA) is 78.9 Å². The molecule has 1 heterocycles. The number of hydrogen-bond donors (Lipinski definition) is 3. The number of nitrogens with zero attached hydrogens (tertiary/aromatic N) is 2. The molecule has 0 aliphatic carbocycles. The van der Waals surface area contributed by atoms with Crippen molar-refractivity contribution in [3.63, 3.8) is 0 Å². The molecule has 2 aromatic carbocycles. The van der Waals surface area contributed by atoms with E-state index < -0.39 is 23.5 Å². The molecule has 0 aliphatic heterocycles. The van der Waals surface area contributed by atoms with E-state index in [-0.39, 0.29) is 17.2 Å². The van der Waals surface area contributed by atoms with Gasteiger partial charge in [-0.05, 0) is 36.4 Å². The number of carbonyl (C=O) groups excluding carboxylic acids is 1. The summed E-state index contributed by atoms with van der Waals surface area (Å²) >= 11 is 3.31. The van der Waals surface area contributed by atoms with Gasteiger partial charge in [0.25, 0.3) is 5.91 Å². The lowest BCUT2D eigenvalue weighted by Gasteiger charge is -2.16. The smallest absolute Gasteiger partial charge is 0.355 e. The second kappa shape index (κ2) is 8.48. The number of rotatable bonds is 5. The lowest BCUT2D eigenvalue weighted by Crippen LogP contribution is -2.20. The molecule has 1 aromatic heterocycles. The summed E-state index contributed by atoms with van der Waals surface area (Å²) in [7, 11) is 1.44. The summed E-state index contributed by atoms with van der Waals surface area (Å²) in [5.74, 6) is -0.937. The van der Waals surface area contributed by atoms with Gasteiger partial charge in [0, 0.05) is 23.4 Å². The summed E-state index contributed by atoms with van der Waals surface area (Å²) < 4.78 is 41.2. The quantitative estimate of drug-likeness (QED) is 0.488. The Morgan fingerprint density at radius 1 is 1.03 bits per heavy atom. The van der Waals surface area contributed by atoms with E-state index in [9.17, 15) is 18.0 Å². The summed E-state index contributed by atoms with van der Waals surface area (Å²) in [6.07, 6.45) is -3.99. The van der Waals surface area contributed by atoms with Crippen molar-refractivity contribution in [1.82, 2.24) is 15.3 Å². The highest BCUT2D eigenvalue weighted by Crippen LogP contribution is 2.36. The van der Waals surface area contributed by atoms with Gasteiger partial charge < -0.3 is 16.0 Å². The number of anilines is 4. The van der Waals surface area contributed by atoms with Crippen LogP contribution in [0, 0.1) is 0 Å². The first-order valence-corrected chi connectivity index (χ1v) is 9.12. The average Bonchev–Trinajstić information content (AvgIpc) is 2.69. The van der Waals surface area contributed by atoms with Gasteiger partial charge in [0.1, 0.15) is 11.4 Å². The average molecular weight is 466 g/mol. The van der Waals surface area contributed by atoms with Crippen molar-refractivity contribution in [2.75, 3.05) is 17.7 Å². The van der Waals surface area contributed by atoms with E-state index in [0.717, 1.165) is 4.47 Å².